The predicted octanol–water partition coefficient (Wildman–Crippen LogP) is 3.52. The highest BCUT2D eigenvalue weighted by Gasteiger charge is 2.44. The smallest absolute Gasteiger partial charge is 0.240 e. The molecule has 1 aliphatic rings. The van der Waals surface area contributed by atoms with Gasteiger partial charge in [-0.25, -0.2) is 13.2 Å². The minimum Gasteiger partial charge on any atom is -0.240 e. The van der Waals surface area contributed by atoms with Gasteiger partial charge in [0.25, 0.3) is 5.92 Å². The fraction of sp³-hybridized carbons (Fsp3) is 0.400. The molecule has 0 spiro atoms. The van der Waals surface area contributed by atoms with Crippen molar-refractivity contribution < 1.29 is 13.2 Å². The molecule has 0 saturated carbocycles. The fourth-order valence-electron chi connectivity index (χ4n) is 1.67. The summed E-state index contributed by atoms with van der Waals surface area (Å²) in [6.45, 7) is 0. The quantitative estimate of drug-likeness (QED) is 0.673. The van der Waals surface area contributed by atoms with Crippen molar-refractivity contribution in [1.29, 1.82) is 0 Å². The first-order valence-corrected chi connectivity index (χ1v) is 5.07. The average Bonchev–Trinajstić information content (AvgIpc) is 2.07. The van der Waals surface area contributed by atoms with Crippen LogP contribution in [-0.2, 0) is 12.8 Å². The number of rotatable bonds is 0. The second-order valence-corrected chi connectivity index (χ2v) is 4.44. The number of fused-ring (bicyclic) bond motifs is 1. The molecule has 0 N–H and O–H groups in total. The van der Waals surface area contributed by atoms with E-state index in [2.05, 4.69) is 15.9 Å². The molecule has 14 heavy (non-hydrogen) atoms. The summed E-state index contributed by atoms with van der Waals surface area (Å²) >= 11 is 3.20. The maximum Gasteiger partial charge on any atom is 0.282 e. The topological polar surface area (TPSA) is 0 Å². The number of alkyl halides is 3. The van der Waals surface area contributed by atoms with E-state index in [-0.39, 0.29) is 6.42 Å². The lowest BCUT2D eigenvalue weighted by Crippen LogP contribution is -2.38. The van der Waals surface area contributed by atoms with E-state index in [0.717, 1.165) is 4.47 Å². The molecule has 1 aliphatic carbocycles. The molecule has 0 amide bonds. The monoisotopic (exact) mass is 264 g/mol. The van der Waals surface area contributed by atoms with Crippen molar-refractivity contribution in [1.82, 2.24) is 0 Å². The zero-order valence-electron chi connectivity index (χ0n) is 7.24. The molecule has 1 unspecified atom stereocenters. The highest BCUT2D eigenvalue weighted by atomic mass is 79.9. The molecule has 1 atom stereocenters. The Balaban J connectivity index is 2.41. The minimum atomic E-state index is -3.21. The standard InChI is InChI=1S/C10H8BrF3/c11-8-2-1-6-4-9(12)10(13,14)5-7(6)3-8/h1-3,9H,4-5H2. The van der Waals surface area contributed by atoms with E-state index in [4.69, 9.17) is 0 Å². The summed E-state index contributed by atoms with van der Waals surface area (Å²) in [5.41, 5.74) is 1.23. The highest BCUT2D eigenvalue weighted by Crippen LogP contribution is 2.36. The van der Waals surface area contributed by atoms with Crippen molar-refractivity contribution in [3.8, 4) is 0 Å². The van der Waals surface area contributed by atoms with Gasteiger partial charge in [-0.3, -0.25) is 0 Å². The summed E-state index contributed by atoms with van der Waals surface area (Å²) in [6.07, 6.45) is -2.73. The van der Waals surface area contributed by atoms with Gasteiger partial charge in [0.1, 0.15) is 0 Å². The Bertz CT molecular complexity index is 362. The zero-order chi connectivity index (χ0) is 10.3. The Morgan fingerprint density at radius 3 is 2.71 bits per heavy atom. The molecular formula is C10H8BrF3. The molecule has 0 heterocycles. The lowest BCUT2D eigenvalue weighted by atomic mass is 9.88. The fourth-order valence-corrected chi connectivity index (χ4v) is 2.07. The third-order valence-electron chi connectivity index (χ3n) is 2.45. The molecular weight excluding hydrogens is 257 g/mol. The summed E-state index contributed by atoms with van der Waals surface area (Å²) in [7, 11) is 0. The Kier molecular flexibility index (Phi) is 2.33. The van der Waals surface area contributed by atoms with Crippen molar-refractivity contribution in [3.63, 3.8) is 0 Å². The lowest BCUT2D eigenvalue weighted by molar-refractivity contribution is -0.0766. The van der Waals surface area contributed by atoms with E-state index in [1.807, 2.05) is 0 Å². The minimum absolute atomic E-state index is 0.185. The van der Waals surface area contributed by atoms with Crippen LogP contribution >= 0.6 is 15.9 Å². The van der Waals surface area contributed by atoms with Crippen LogP contribution in [0.15, 0.2) is 22.7 Å². The van der Waals surface area contributed by atoms with Crippen molar-refractivity contribution in [2.45, 2.75) is 24.9 Å². The van der Waals surface area contributed by atoms with E-state index in [1.165, 1.54) is 0 Å². The van der Waals surface area contributed by atoms with E-state index >= 15 is 0 Å². The summed E-state index contributed by atoms with van der Waals surface area (Å²) in [5, 5.41) is 0. The highest BCUT2D eigenvalue weighted by molar-refractivity contribution is 9.10. The Morgan fingerprint density at radius 1 is 1.29 bits per heavy atom. The molecule has 76 valence electrons. The SMILES string of the molecule is FC1Cc2ccc(Br)cc2CC1(F)F. The van der Waals surface area contributed by atoms with Gasteiger partial charge in [-0.05, 0) is 23.3 Å². The van der Waals surface area contributed by atoms with Crippen LogP contribution in [0.4, 0.5) is 13.2 Å². The maximum atomic E-state index is 13.0. The molecule has 1 aromatic rings. The molecule has 2 rings (SSSR count). The van der Waals surface area contributed by atoms with Crippen LogP contribution in [-0.4, -0.2) is 12.1 Å². The molecule has 1 aromatic carbocycles. The van der Waals surface area contributed by atoms with Crippen molar-refractivity contribution in [2.24, 2.45) is 0 Å². The van der Waals surface area contributed by atoms with Gasteiger partial charge in [0.05, 0.1) is 0 Å². The summed E-state index contributed by atoms with van der Waals surface area (Å²) in [5.74, 6) is -3.21. The predicted molar refractivity (Wildman–Crippen MR) is 51.4 cm³/mol. The van der Waals surface area contributed by atoms with Gasteiger partial charge in [0.2, 0.25) is 0 Å². The van der Waals surface area contributed by atoms with Gasteiger partial charge in [-0.1, -0.05) is 22.0 Å². The van der Waals surface area contributed by atoms with Crippen LogP contribution in [0.2, 0.25) is 0 Å². The number of hydrogen-bond acceptors (Lipinski definition) is 0. The third-order valence-corrected chi connectivity index (χ3v) is 2.95. The van der Waals surface area contributed by atoms with Crippen LogP contribution in [0.5, 0.6) is 0 Å². The van der Waals surface area contributed by atoms with Gasteiger partial charge in [0, 0.05) is 17.3 Å². The van der Waals surface area contributed by atoms with E-state index in [1.54, 1.807) is 18.2 Å². The van der Waals surface area contributed by atoms with Crippen molar-refractivity contribution >= 4 is 15.9 Å². The van der Waals surface area contributed by atoms with Gasteiger partial charge >= 0.3 is 0 Å². The average molecular weight is 265 g/mol. The Labute approximate surface area is 88.2 Å². The van der Waals surface area contributed by atoms with Crippen LogP contribution < -0.4 is 0 Å². The molecule has 0 radical (unpaired) electrons. The largest absolute Gasteiger partial charge is 0.282 e. The number of halogens is 4. The molecule has 0 bridgehead atoms. The third kappa shape index (κ3) is 1.67. The zero-order valence-corrected chi connectivity index (χ0v) is 8.82. The molecule has 0 saturated heterocycles. The van der Waals surface area contributed by atoms with Crippen LogP contribution in [0.1, 0.15) is 11.1 Å². The van der Waals surface area contributed by atoms with Gasteiger partial charge in [0.15, 0.2) is 6.17 Å². The van der Waals surface area contributed by atoms with Crippen LogP contribution in [0.3, 0.4) is 0 Å². The molecule has 0 aromatic heterocycles. The van der Waals surface area contributed by atoms with E-state index in [9.17, 15) is 13.2 Å². The summed E-state index contributed by atoms with van der Waals surface area (Å²) < 4.78 is 39.8. The van der Waals surface area contributed by atoms with E-state index in [0.29, 0.717) is 11.1 Å². The molecule has 0 fully saturated rings. The molecule has 4 heteroatoms. The Hall–Kier alpha value is -0.510. The second-order valence-electron chi connectivity index (χ2n) is 3.52. The molecule has 0 nitrogen and oxygen atoms in total. The Morgan fingerprint density at radius 2 is 2.00 bits per heavy atom. The van der Waals surface area contributed by atoms with Gasteiger partial charge < -0.3 is 0 Å². The maximum absolute atomic E-state index is 13.0. The number of hydrogen-bond donors (Lipinski definition) is 0. The van der Waals surface area contributed by atoms with Gasteiger partial charge in [-0.2, -0.15) is 0 Å². The molecule has 0 aliphatic heterocycles. The number of benzene rings is 1. The van der Waals surface area contributed by atoms with Gasteiger partial charge in [-0.15, -0.1) is 0 Å². The second kappa shape index (κ2) is 3.26. The van der Waals surface area contributed by atoms with Crippen molar-refractivity contribution in [2.75, 3.05) is 0 Å². The van der Waals surface area contributed by atoms with Crippen LogP contribution in [0, 0.1) is 0 Å². The van der Waals surface area contributed by atoms with E-state index < -0.39 is 18.5 Å². The van der Waals surface area contributed by atoms with Crippen LogP contribution in [0.25, 0.3) is 0 Å². The summed E-state index contributed by atoms with van der Waals surface area (Å²) in [6, 6.07) is 5.07. The first kappa shape index (κ1) is 10.0. The first-order valence-electron chi connectivity index (χ1n) is 4.28. The lowest BCUT2D eigenvalue weighted by Gasteiger charge is -2.27. The first-order chi connectivity index (χ1) is 6.49. The summed E-state index contributed by atoms with van der Waals surface area (Å²) in [4.78, 5) is 0. The van der Waals surface area contributed by atoms with Crippen molar-refractivity contribution in [3.05, 3.63) is 33.8 Å². The normalized spacial score (nSPS) is 24.4.